The highest BCUT2D eigenvalue weighted by Gasteiger charge is 2.29. The van der Waals surface area contributed by atoms with E-state index in [0.29, 0.717) is 17.1 Å². The number of tetrazole rings is 1. The van der Waals surface area contributed by atoms with E-state index in [1.807, 2.05) is 11.4 Å². The van der Waals surface area contributed by atoms with Crippen molar-refractivity contribution in [1.82, 2.24) is 25.1 Å². The van der Waals surface area contributed by atoms with Gasteiger partial charge in [0.05, 0.1) is 12.3 Å². The number of amides is 1. The summed E-state index contributed by atoms with van der Waals surface area (Å²) in [5.41, 5.74) is 0.691. The summed E-state index contributed by atoms with van der Waals surface area (Å²) in [4.78, 5) is 15.3. The summed E-state index contributed by atoms with van der Waals surface area (Å²) in [5, 5.41) is 22.2. The van der Waals surface area contributed by atoms with E-state index in [0.717, 1.165) is 25.7 Å². The van der Waals surface area contributed by atoms with E-state index in [2.05, 4.69) is 15.5 Å². The van der Waals surface area contributed by atoms with Crippen molar-refractivity contribution in [1.29, 1.82) is 0 Å². The molecule has 3 rings (SSSR count). The molecule has 0 radical (unpaired) electrons. The van der Waals surface area contributed by atoms with Crippen LogP contribution in [-0.4, -0.2) is 55.3 Å². The van der Waals surface area contributed by atoms with Crippen molar-refractivity contribution >= 4 is 17.2 Å². The highest BCUT2D eigenvalue weighted by Crippen LogP contribution is 2.28. The van der Waals surface area contributed by atoms with Crippen LogP contribution in [0, 0.1) is 0 Å². The van der Waals surface area contributed by atoms with E-state index in [1.165, 1.54) is 22.3 Å². The third-order valence-corrected chi connectivity index (χ3v) is 4.69. The van der Waals surface area contributed by atoms with Gasteiger partial charge in [0.15, 0.2) is 0 Å². The Morgan fingerprint density at radius 1 is 1.48 bits per heavy atom. The van der Waals surface area contributed by atoms with Gasteiger partial charge in [0, 0.05) is 12.6 Å². The summed E-state index contributed by atoms with van der Waals surface area (Å²) in [5.74, 6) is -0.0450. The van der Waals surface area contributed by atoms with Crippen molar-refractivity contribution in [2.75, 3.05) is 13.2 Å². The second-order valence-corrected chi connectivity index (χ2v) is 5.97. The van der Waals surface area contributed by atoms with Gasteiger partial charge in [0.2, 0.25) is 0 Å². The summed E-state index contributed by atoms with van der Waals surface area (Å²) in [7, 11) is 0. The Morgan fingerprint density at radius 3 is 2.95 bits per heavy atom. The molecule has 1 saturated carbocycles. The third kappa shape index (κ3) is 2.81. The molecule has 8 heteroatoms. The quantitative estimate of drug-likeness (QED) is 0.894. The zero-order chi connectivity index (χ0) is 14.7. The number of carbonyl (C=O) groups excluding carboxylic acids is 1. The van der Waals surface area contributed by atoms with Crippen LogP contribution in [0.2, 0.25) is 0 Å². The number of hydrogen-bond acceptors (Lipinski definition) is 6. The van der Waals surface area contributed by atoms with Crippen LogP contribution >= 0.6 is 11.3 Å². The minimum absolute atomic E-state index is 0.0200. The van der Waals surface area contributed by atoms with Crippen LogP contribution < -0.4 is 0 Å². The van der Waals surface area contributed by atoms with Gasteiger partial charge in [-0.1, -0.05) is 12.8 Å². The fraction of sp³-hybridized carbons (Fsp3) is 0.538. The van der Waals surface area contributed by atoms with Gasteiger partial charge in [-0.25, -0.2) is 0 Å². The van der Waals surface area contributed by atoms with Gasteiger partial charge in [0.1, 0.15) is 11.2 Å². The molecule has 2 aromatic rings. The molecule has 0 bridgehead atoms. The summed E-state index contributed by atoms with van der Waals surface area (Å²) in [6.45, 7) is 0.351. The van der Waals surface area contributed by atoms with Crippen molar-refractivity contribution in [3.8, 4) is 5.69 Å². The lowest BCUT2D eigenvalue weighted by Gasteiger charge is -2.28. The Labute approximate surface area is 126 Å². The van der Waals surface area contributed by atoms with Crippen LogP contribution in [0.25, 0.3) is 5.69 Å². The maximum atomic E-state index is 12.8. The number of aliphatic hydroxyl groups is 1. The van der Waals surface area contributed by atoms with E-state index in [-0.39, 0.29) is 18.6 Å². The van der Waals surface area contributed by atoms with Gasteiger partial charge < -0.3 is 10.0 Å². The highest BCUT2D eigenvalue weighted by molar-refractivity contribution is 7.12. The average Bonchev–Trinajstić information content (AvgIpc) is 3.25. The Kier molecular flexibility index (Phi) is 4.26. The number of hydrogen-bond donors (Lipinski definition) is 1. The lowest BCUT2D eigenvalue weighted by atomic mass is 10.2. The topological polar surface area (TPSA) is 84.1 Å². The van der Waals surface area contributed by atoms with Crippen LogP contribution in [-0.2, 0) is 0 Å². The van der Waals surface area contributed by atoms with Crippen LogP contribution in [0.4, 0.5) is 0 Å². The molecule has 1 N–H and O–H groups in total. The Bertz CT molecular complexity index is 591. The van der Waals surface area contributed by atoms with Crippen molar-refractivity contribution in [3.63, 3.8) is 0 Å². The van der Waals surface area contributed by atoms with Crippen LogP contribution in [0.5, 0.6) is 0 Å². The van der Waals surface area contributed by atoms with Crippen molar-refractivity contribution in [3.05, 3.63) is 22.7 Å². The molecule has 2 heterocycles. The maximum absolute atomic E-state index is 12.8. The molecule has 1 fully saturated rings. The fourth-order valence-electron chi connectivity index (χ4n) is 2.82. The van der Waals surface area contributed by atoms with E-state index in [4.69, 9.17) is 0 Å². The first-order valence-corrected chi connectivity index (χ1v) is 7.92. The van der Waals surface area contributed by atoms with Crippen molar-refractivity contribution < 1.29 is 9.90 Å². The molecular formula is C13H17N5O2S. The minimum atomic E-state index is -0.0450. The van der Waals surface area contributed by atoms with Gasteiger partial charge in [-0.15, -0.1) is 16.4 Å². The first kappa shape index (κ1) is 14.2. The first-order chi connectivity index (χ1) is 10.3. The number of aliphatic hydroxyl groups excluding tert-OH is 1. The Balaban J connectivity index is 1.88. The largest absolute Gasteiger partial charge is 0.395 e. The number of nitrogens with zero attached hydrogens (tertiary/aromatic N) is 5. The second kappa shape index (κ2) is 6.31. The monoisotopic (exact) mass is 307 g/mol. The molecule has 2 aromatic heterocycles. The molecule has 0 saturated heterocycles. The van der Waals surface area contributed by atoms with Crippen LogP contribution in [0.1, 0.15) is 35.4 Å². The number of aromatic nitrogens is 4. The lowest BCUT2D eigenvalue weighted by molar-refractivity contribution is 0.0643. The lowest BCUT2D eigenvalue weighted by Crippen LogP contribution is -2.40. The van der Waals surface area contributed by atoms with Crippen molar-refractivity contribution in [2.45, 2.75) is 31.7 Å². The maximum Gasteiger partial charge on any atom is 0.266 e. The van der Waals surface area contributed by atoms with E-state index >= 15 is 0 Å². The first-order valence-electron chi connectivity index (χ1n) is 7.04. The van der Waals surface area contributed by atoms with Gasteiger partial charge in [-0.2, -0.15) is 4.68 Å². The molecule has 7 nitrogen and oxygen atoms in total. The van der Waals surface area contributed by atoms with Gasteiger partial charge >= 0.3 is 0 Å². The average molecular weight is 307 g/mol. The van der Waals surface area contributed by atoms with Gasteiger partial charge in [0.25, 0.3) is 5.91 Å². The molecule has 0 aromatic carbocycles. The van der Waals surface area contributed by atoms with E-state index < -0.39 is 0 Å². The zero-order valence-electron chi connectivity index (χ0n) is 11.6. The third-order valence-electron chi connectivity index (χ3n) is 3.80. The number of thiophene rings is 1. The minimum Gasteiger partial charge on any atom is -0.395 e. The molecular weight excluding hydrogens is 290 g/mol. The molecule has 1 aliphatic carbocycles. The predicted molar refractivity (Wildman–Crippen MR) is 77.4 cm³/mol. The standard InChI is InChI=1S/C13H17N5O2S/c19-7-6-17(10-3-1-2-4-10)13(20)12-11(5-8-21-12)18-9-14-15-16-18/h5,8-10,19H,1-4,6-7H2. The Hall–Kier alpha value is -1.80. The highest BCUT2D eigenvalue weighted by atomic mass is 32.1. The van der Waals surface area contributed by atoms with Crippen molar-refractivity contribution in [2.24, 2.45) is 0 Å². The molecule has 1 amide bonds. The molecule has 0 aliphatic heterocycles. The van der Waals surface area contributed by atoms with Crippen LogP contribution in [0.3, 0.4) is 0 Å². The van der Waals surface area contributed by atoms with Gasteiger partial charge in [-0.05, 0) is 34.7 Å². The Morgan fingerprint density at radius 2 is 2.29 bits per heavy atom. The molecule has 1 aliphatic rings. The normalized spacial score (nSPS) is 15.5. The molecule has 112 valence electrons. The molecule has 0 unspecified atom stereocenters. The zero-order valence-corrected chi connectivity index (χ0v) is 12.4. The molecule has 0 spiro atoms. The van der Waals surface area contributed by atoms with Crippen LogP contribution in [0.15, 0.2) is 17.8 Å². The fourth-order valence-corrected chi connectivity index (χ4v) is 3.65. The number of rotatable bonds is 5. The predicted octanol–water partition coefficient (Wildman–Crippen LogP) is 1.10. The summed E-state index contributed by atoms with van der Waals surface area (Å²) in [6, 6.07) is 2.06. The smallest absolute Gasteiger partial charge is 0.266 e. The van der Waals surface area contributed by atoms with E-state index in [1.54, 1.807) is 4.90 Å². The SMILES string of the molecule is O=C(c1sccc1-n1cnnn1)N(CCO)C1CCCC1. The van der Waals surface area contributed by atoms with E-state index in [9.17, 15) is 9.90 Å². The van der Waals surface area contributed by atoms with Gasteiger partial charge in [-0.3, -0.25) is 4.79 Å². The molecule has 0 atom stereocenters. The number of carbonyl (C=O) groups is 1. The molecule has 21 heavy (non-hydrogen) atoms. The summed E-state index contributed by atoms with van der Waals surface area (Å²) in [6.07, 6.45) is 5.79. The second-order valence-electron chi connectivity index (χ2n) is 5.05. The summed E-state index contributed by atoms with van der Waals surface area (Å²) >= 11 is 1.38. The summed E-state index contributed by atoms with van der Waals surface area (Å²) < 4.78 is 1.50.